The molecule has 100 valence electrons. The average Bonchev–Trinajstić information content (AvgIpc) is 2.84. The largest absolute Gasteiger partial charge is 0.496 e. The lowest BCUT2D eigenvalue weighted by Crippen LogP contribution is -2.31. The molecule has 20 heavy (non-hydrogen) atoms. The SMILES string of the molecule is BrC1=COCC2=C3C1=CN=C(c1ccnnc1)N3CC2. The molecule has 0 aliphatic carbocycles. The predicted octanol–water partition coefficient (Wildman–Crippen LogP) is 2.35. The van der Waals surface area contributed by atoms with Gasteiger partial charge in [0, 0.05) is 23.9 Å². The van der Waals surface area contributed by atoms with Crippen LogP contribution in [0.5, 0.6) is 0 Å². The van der Waals surface area contributed by atoms with Gasteiger partial charge in [-0.05, 0) is 34.0 Å². The van der Waals surface area contributed by atoms with E-state index in [1.165, 1.54) is 11.3 Å². The zero-order chi connectivity index (χ0) is 13.5. The van der Waals surface area contributed by atoms with Gasteiger partial charge < -0.3 is 9.64 Å². The molecular weight excluding hydrogens is 320 g/mol. The summed E-state index contributed by atoms with van der Waals surface area (Å²) in [6.45, 7) is 1.56. The Labute approximate surface area is 124 Å². The highest BCUT2D eigenvalue weighted by atomic mass is 79.9. The van der Waals surface area contributed by atoms with Gasteiger partial charge in [-0.25, -0.2) is 4.99 Å². The molecule has 0 radical (unpaired) electrons. The molecule has 3 aliphatic heterocycles. The lowest BCUT2D eigenvalue weighted by atomic mass is 10.1. The lowest BCUT2D eigenvalue weighted by Gasteiger charge is -2.28. The molecule has 6 heteroatoms. The summed E-state index contributed by atoms with van der Waals surface area (Å²) in [6.07, 6.45) is 8.07. The minimum absolute atomic E-state index is 0.639. The predicted molar refractivity (Wildman–Crippen MR) is 78.0 cm³/mol. The Balaban J connectivity index is 1.87. The lowest BCUT2D eigenvalue weighted by molar-refractivity contribution is 0.279. The first-order valence-corrected chi connectivity index (χ1v) is 7.16. The van der Waals surface area contributed by atoms with Crippen molar-refractivity contribution in [2.24, 2.45) is 4.99 Å². The first kappa shape index (κ1) is 11.8. The molecule has 0 aromatic carbocycles. The Morgan fingerprint density at radius 1 is 1.30 bits per heavy atom. The molecule has 4 heterocycles. The van der Waals surface area contributed by atoms with Crippen molar-refractivity contribution in [3.05, 3.63) is 57.8 Å². The normalized spacial score (nSPS) is 20.6. The number of ether oxygens (including phenoxy) is 1. The Bertz CT molecular complexity index is 690. The van der Waals surface area contributed by atoms with Crippen LogP contribution in [0.2, 0.25) is 0 Å². The Morgan fingerprint density at radius 2 is 2.25 bits per heavy atom. The third-order valence-corrected chi connectivity index (χ3v) is 4.23. The van der Waals surface area contributed by atoms with Crippen LogP contribution in [0.25, 0.3) is 0 Å². The summed E-state index contributed by atoms with van der Waals surface area (Å²) < 4.78 is 6.50. The first-order chi connectivity index (χ1) is 9.84. The third-order valence-electron chi connectivity index (χ3n) is 3.61. The number of amidine groups is 1. The molecule has 1 aromatic heterocycles. The van der Waals surface area contributed by atoms with Gasteiger partial charge in [0.2, 0.25) is 0 Å². The minimum atomic E-state index is 0.639. The van der Waals surface area contributed by atoms with Crippen LogP contribution in [0.3, 0.4) is 0 Å². The van der Waals surface area contributed by atoms with Crippen LogP contribution in [0, 0.1) is 0 Å². The maximum Gasteiger partial charge on any atom is 0.141 e. The minimum Gasteiger partial charge on any atom is -0.496 e. The fourth-order valence-electron chi connectivity index (χ4n) is 2.72. The van der Waals surface area contributed by atoms with E-state index in [9.17, 15) is 0 Å². The summed E-state index contributed by atoms with van der Waals surface area (Å²) in [5, 5.41) is 7.76. The Morgan fingerprint density at radius 3 is 3.10 bits per heavy atom. The fraction of sp³-hybridized carbons (Fsp3) is 0.214. The number of rotatable bonds is 1. The van der Waals surface area contributed by atoms with Gasteiger partial charge in [-0.2, -0.15) is 10.2 Å². The van der Waals surface area contributed by atoms with Crippen molar-refractivity contribution in [3.8, 4) is 0 Å². The molecule has 0 spiro atoms. The smallest absolute Gasteiger partial charge is 0.141 e. The van der Waals surface area contributed by atoms with E-state index in [1.54, 1.807) is 18.7 Å². The van der Waals surface area contributed by atoms with Crippen LogP contribution in [-0.4, -0.2) is 34.1 Å². The van der Waals surface area contributed by atoms with E-state index in [0.29, 0.717) is 6.61 Å². The Kier molecular flexibility index (Phi) is 2.70. The van der Waals surface area contributed by atoms with Crippen molar-refractivity contribution in [2.45, 2.75) is 6.42 Å². The van der Waals surface area contributed by atoms with E-state index in [-0.39, 0.29) is 0 Å². The standard InChI is InChI=1S/C14H11BrN4O/c15-12-8-20-7-10-2-4-19-13(10)11(12)6-16-14(19)9-1-3-17-18-5-9/h1,3,5-6,8H,2,4,7H2. The van der Waals surface area contributed by atoms with Gasteiger partial charge in [-0.15, -0.1) is 0 Å². The van der Waals surface area contributed by atoms with Gasteiger partial charge in [0.15, 0.2) is 0 Å². The van der Waals surface area contributed by atoms with Crippen molar-refractivity contribution in [2.75, 3.05) is 13.2 Å². The van der Waals surface area contributed by atoms with Gasteiger partial charge in [-0.1, -0.05) is 0 Å². The maximum absolute atomic E-state index is 5.56. The number of hydrogen-bond donors (Lipinski definition) is 0. The summed E-state index contributed by atoms with van der Waals surface area (Å²) in [6, 6.07) is 1.93. The van der Waals surface area contributed by atoms with Crippen LogP contribution in [0.4, 0.5) is 0 Å². The molecule has 0 saturated heterocycles. The molecule has 0 fully saturated rings. The van der Waals surface area contributed by atoms with Gasteiger partial charge in [0.05, 0.1) is 28.8 Å². The molecular formula is C14H11BrN4O. The quantitative estimate of drug-likeness (QED) is 0.793. The van der Waals surface area contributed by atoms with Crippen LogP contribution in [0.1, 0.15) is 12.0 Å². The van der Waals surface area contributed by atoms with E-state index in [2.05, 4.69) is 36.0 Å². The number of aliphatic imine (C=N–C) groups is 1. The van der Waals surface area contributed by atoms with Crippen molar-refractivity contribution < 1.29 is 4.74 Å². The number of aromatic nitrogens is 2. The van der Waals surface area contributed by atoms with E-state index < -0.39 is 0 Å². The van der Waals surface area contributed by atoms with Crippen molar-refractivity contribution in [1.29, 1.82) is 0 Å². The molecule has 0 atom stereocenters. The van der Waals surface area contributed by atoms with Gasteiger partial charge >= 0.3 is 0 Å². The highest BCUT2D eigenvalue weighted by Crippen LogP contribution is 2.39. The second-order valence-corrected chi connectivity index (χ2v) is 5.61. The van der Waals surface area contributed by atoms with E-state index in [0.717, 1.165) is 34.4 Å². The van der Waals surface area contributed by atoms with Gasteiger partial charge in [0.25, 0.3) is 0 Å². The van der Waals surface area contributed by atoms with E-state index >= 15 is 0 Å². The molecule has 0 N–H and O–H groups in total. The third kappa shape index (κ3) is 1.71. The van der Waals surface area contributed by atoms with Crippen LogP contribution in [0.15, 0.2) is 57.2 Å². The summed E-state index contributed by atoms with van der Waals surface area (Å²) >= 11 is 3.55. The van der Waals surface area contributed by atoms with Crippen LogP contribution in [-0.2, 0) is 4.74 Å². The summed E-state index contributed by atoms with van der Waals surface area (Å²) in [5.41, 5.74) is 4.60. The van der Waals surface area contributed by atoms with E-state index in [4.69, 9.17) is 4.74 Å². The summed E-state index contributed by atoms with van der Waals surface area (Å²) in [4.78, 5) is 6.85. The number of nitrogens with zero attached hydrogens (tertiary/aromatic N) is 4. The van der Waals surface area contributed by atoms with Crippen LogP contribution < -0.4 is 0 Å². The van der Waals surface area contributed by atoms with E-state index in [1.807, 2.05) is 12.3 Å². The summed E-state index contributed by atoms with van der Waals surface area (Å²) in [5.74, 6) is 0.927. The number of allylic oxidation sites excluding steroid dienone is 1. The highest BCUT2D eigenvalue weighted by Gasteiger charge is 2.33. The zero-order valence-corrected chi connectivity index (χ0v) is 12.2. The second kappa shape index (κ2) is 4.56. The molecule has 0 saturated carbocycles. The van der Waals surface area contributed by atoms with Crippen molar-refractivity contribution in [3.63, 3.8) is 0 Å². The molecule has 3 aliphatic rings. The highest BCUT2D eigenvalue weighted by molar-refractivity contribution is 9.12. The number of hydrogen-bond acceptors (Lipinski definition) is 5. The average molecular weight is 331 g/mol. The van der Waals surface area contributed by atoms with Crippen molar-refractivity contribution >= 4 is 21.8 Å². The number of halogens is 1. The molecule has 5 nitrogen and oxygen atoms in total. The molecule has 0 amide bonds. The second-order valence-electron chi connectivity index (χ2n) is 4.76. The molecule has 0 unspecified atom stereocenters. The maximum atomic E-state index is 5.56. The Hall–Kier alpha value is -1.95. The van der Waals surface area contributed by atoms with Gasteiger partial charge in [-0.3, -0.25) is 0 Å². The monoisotopic (exact) mass is 330 g/mol. The van der Waals surface area contributed by atoms with Gasteiger partial charge in [0.1, 0.15) is 12.4 Å². The van der Waals surface area contributed by atoms with Crippen LogP contribution >= 0.6 is 15.9 Å². The summed E-state index contributed by atoms with van der Waals surface area (Å²) in [7, 11) is 0. The first-order valence-electron chi connectivity index (χ1n) is 6.37. The molecule has 4 rings (SSSR count). The molecule has 1 aromatic rings. The fourth-order valence-corrected chi connectivity index (χ4v) is 3.14. The molecule has 0 bridgehead atoms. The van der Waals surface area contributed by atoms with Crippen molar-refractivity contribution in [1.82, 2.24) is 15.1 Å². The zero-order valence-electron chi connectivity index (χ0n) is 10.6. The topological polar surface area (TPSA) is 50.6 Å².